The van der Waals surface area contributed by atoms with Gasteiger partial charge in [-0.05, 0) is 17.5 Å². The molecule has 8 heteroatoms. The van der Waals surface area contributed by atoms with Gasteiger partial charge < -0.3 is 9.47 Å². The molecule has 118 valence electrons. The average molecular weight is 348 g/mol. The summed E-state index contributed by atoms with van der Waals surface area (Å²) in [6.07, 6.45) is 0. The maximum atomic E-state index is 10.9. The molecule has 0 amide bonds. The molecule has 0 spiro atoms. The molecule has 3 rings (SSSR count). The van der Waals surface area contributed by atoms with Crippen LogP contribution in [0.5, 0.6) is 11.5 Å². The number of non-ortho nitro benzene ring substituents is 1. The fourth-order valence-corrected chi connectivity index (χ4v) is 3.45. The van der Waals surface area contributed by atoms with E-state index in [4.69, 9.17) is 9.47 Å². The summed E-state index contributed by atoms with van der Waals surface area (Å²) in [5.41, 5.74) is 1.81. The molecule has 3 aromatic rings. The third kappa shape index (κ3) is 3.49. The first-order valence-electron chi connectivity index (χ1n) is 6.59. The van der Waals surface area contributed by atoms with Gasteiger partial charge in [0.15, 0.2) is 11.5 Å². The predicted molar refractivity (Wildman–Crippen MR) is 89.4 cm³/mol. The molecule has 2 heterocycles. The van der Waals surface area contributed by atoms with Gasteiger partial charge in [-0.25, -0.2) is 4.98 Å². The van der Waals surface area contributed by atoms with E-state index in [1.807, 2.05) is 22.2 Å². The third-order valence-corrected chi connectivity index (χ3v) is 4.68. The van der Waals surface area contributed by atoms with Gasteiger partial charge >= 0.3 is 0 Å². The van der Waals surface area contributed by atoms with Crippen LogP contribution in [0.15, 0.2) is 40.4 Å². The summed E-state index contributed by atoms with van der Waals surface area (Å²) < 4.78 is 10.8. The number of methoxy groups -OCH3 is 1. The summed E-state index contributed by atoms with van der Waals surface area (Å²) in [5, 5.41) is 17.7. The molecule has 0 unspecified atom stereocenters. The molecule has 0 saturated carbocycles. The van der Waals surface area contributed by atoms with Gasteiger partial charge in [0.2, 0.25) is 0 Å². The Labute approximate surface area is 140 Å². The monoisotopic (exact) mass is 348 g/mol. The van der Waals surface area contributed by atoms with Gasteiger partial charge in [0.1, 0.15) is 11.6 Å². The molecule has 0 fully saturated rings. The number of hydrogen-bond acceptors (Lipinski definition) is 7. The predicted octanol–water partition coefficient (Wildman–Crippen LogP) is 4.37. The van der Waals surface area contributed by atoms with E-state index in [2.05, 4.69) is 4.98 Å². The smallest absolute Gasteiger partial charge is 0.273 e. The minimum Gasteiger partial charge on any atom is -0.493 e. The standard InChI is InChI=1S/C15H12N2O4S2/c1-20-13-3-2-12(17(18)19)6-14(13)21-7-11-9-23-15(16-11)10-4-5-22-8-10/h2-6,8-9H,7H2,1H3. The first-order valence-corrected chi connectivity index (χ1v) is 8.42. The SMILES string of the molecule is COc1ccc([N+](=O)[O-])cc1OCc1csc(-c2ccsc2)n1. The molecule has 0 aliphatic carbocycles. The zero-order chi connectivity index (χ0) is 16.2. The lowest BCUT2D eigenvalue weighted by atomic mass is 10.3. The number of aromatic nitrogens is 1. The van der Waals surface area contributed by atoms with E-state index in [-0.39, 0.29) is 12.3 Å². The quantitative estimate of drug-likeness (QED) is 0.488. The van der Waals surface area contributed by atoms with Crippen LogP contribution in [0.1, 0.15) is 5.69 Å². The van der Waals surface area contributed by atoms with Crippen LogP contribution >= 0.6 is 22.7 Å². The summed E-state index contributed by atoms with van der Waals surface area (Å²) in [6, 6.07) is 6.26. The summed E-state index contributed by atoms with van der Waals surface area (Å²) in [4.78, 5) is 14.9. The summed E-state index contributed by atoms with van der Waals surface area (Å²) in [6.45, 7) is 0.220. The summed E-state index contributed by atoms with van der Waals surface area (Å²) in [5.74, 6) is 0.774. The average Bonchev–Trinajstić information content (AvgIpc) is 3.23. The lowest BCUT2D eigenvalue weighted by Gasteiger charge is -2.09. The molecular formula is C15H12N2O4S2. The lowest BCUT2D eigenvalue weighted by Crippen LogP contribution is -1.99. The van der Waals surface area contributed by atoms with Crippen molar-refractivity contribution in [3.63, 3.8) is 0 Å². The van der Waals surface area contributed by atoms with E-state index >= 15 is 0 Å². The van der Waals surface area contributed by atoms with E-state index in [9.17, 15) is 10.1 Å². The maximum Gasteiger partial charge on any atom is 0.273 e. The van der Waals surface area contributed by atoms with Crippen LogP contribution in [-0.2, 0) is 6.61 Å². The van der Waals surface area contributed by atoms with Crippen LogP contribution in [0.4, 0.5) is 5.69 Å². The van der Waals surface area contributed by atoms with Crippen LogP contribution in [-0.4, -0.2) is 17.0 Å². The van der Waals surface area contributed by atoms with Gasteiger partial charge in [-0.2, -0.15) is 11.3 Å². The highest BCUT2D eigenvalue weighted by Crippen LogP contribution is 2.32. The van der Waals surface area contributed by atoms with Crippen LogP contribution in [0, 0.1) is 10.1 Å². The Morgan fingerprint density at radius 1 is 1.26 bits per heavy atom. The highest BCUT2D eigenvalue weighted by Gasteiger charge is 2.13. The van der Waals surface area contributed by atoms with Crippen molar-refractivity contribution >= 4 is 28.4 Å². The zero-order valence-corrected chi connectivity index (χ0v) is 13.7. The molecular weight excluding hydrogens is 336 g/mol. The van der Waals surface area contributed by atoms with Crippen LogP contribution in [0.3, 0.4) is 0 Å². The van der Waals surface area contributed by atoms with Gasteiger partial charge in [0.25, 0.3) is 5.69 Å². The Kier molecular flexibility index (Phi) is 4.54. The van der Waals surface area contributed by atoms with Crippen molar-refractivity contribution in [2.75, 3.05) is 7.11 Å². The molecule has 0 N–H and O–H groups in total. The molecule has 1 aromatic carbocycles. The van der Waals surface area contributed by atoms with Crippen molar-refractivity contribution in [1.29, 1.82) is 0 Å². The number of nitro groups is 1. The number of nitrogens with zero attached hydrogens (tertiary/aromatic N) is 2. The topological polar surface area (TPSA) is 74.5 Å². The number of rotatable bonds is 6. The Bertz CT molecular complexity index is 815. The minimum atomic E-state index is -0.468. The Morgan fingerprint density at radius 3 is 2.83 bits per heavy atom. The largest absolute Gasteiger partial charge is 0.493 e. The molecule has 0 radical (unpaired) electrons. The Balaban J connectivity index is 1.75. The Hall–Kier alpha value is -2.45. The van der Waals surface area contributed by atoms with Crippen molar-refractivity contribution in [3.8, 4) is 22.1 Å². The van der Waals surface area contributed by atoms with Crippen molar-refractivity contribution in [2.24, 2.45) is 0 Å². The normalized spacial score (nSPS) is 10.5. The Morgan fingerprint density at radius 2 is 2.13 bits per heavy atom. The van der Waals surface area contributed by atoms with Crippen molar-refractivity contribution < 1.29 is 14.4 Å². The van der Waals surface area contributed by atoms with Gasteiger partial charge in [-0.15, -0.1) is 11.3 Å². The number of thiophene rings is 1. The van der Waals surface area contributed by atoms with E-state index in [0.717, 1.165) is 16.3 Å². The second-order valence-electron chi connectivity index (χ2n) is 4.54. The molecule has 0 aliphatic rings. The molecule has 0 aliphatic heterocycles. The second-order valence-corrected chi connectivity index (χ2v) is 6.18. The highest BCUT2D eigenvalue weighted by molar-refractivity contribution is 7.14. The van der Waals surface area contributed by atoms with Gasteiger partial charge in [0, 0.05) is 22.4 Å². The fourth-order valence-electron chi connectivity index (χ4n) is 1.94. The van der Waals surface area contributed by atoms with Crippen LogP contribution in [0.25, 0.3) is 10.6 Å². The van der Waals surface area contributed by atoms with Crippen LogP contribution < -0.4 is 9.47 Å². The molecule has 0 saturated heterocycles. The van der Waals surface area contributed by atoms with E-state index in [0.29, 0.717) is 11.5 Å². The lowest BCUT2D eigenvalue weighted by molar-refractivity contribution is -0.385. The molecule has 0 bridgehead atoms. The summed E-state index contributed by atoms with van der Waals surface area (Å²) >= 11 is 3.15. The number of benzene rings is 1. The number of nitro benzene ring substituents is 1. The number of ether oxygens (including phenoxy) is 2. The molecule has 0 atom stereocenters. The number of thiazole rings is 1. The van der Waals surface area contributed by atoms with Gasteiger partial charge in [0.05, 0.1) is 23.8 Å². The third-order valence-electron chi connectivity index (χ3n) is 3.05. The van der Waals surface area contributed by atoms with E-state index in [1.165, 1.54) is 36.6 Å². The van der Waals surface area contributed by atoms with Gasteiger partial charge in [-0.3, -0.25) is 10.1 Å². The maximum absolute atomic E-state index is 10.9. The minimum absolute atomic E-state index is 0.0435. The fraction of sp³-hybridized carbons (Fsp3) is 0.133. The molecule has 23 heavy (non-hydrogen) atoms. The molecule has 6 nitrogen and oxygen atoms in total. The molecule has 2 aromatic heterocycles. The second kappa shape index (κ2) is 6.76. The van der Waals surface area contributed by atoms with Gasteiger partial charge in [-0.1, -0.05) is 0 Å². The van der Waals surface area contributed by atoms with Crippen LogP contribution in [0.2, 0.25) is 0 Å². The first-order chi connectivity index (χ1) is 11.2. The highest BCUT2D eigenvalue weighted by atomic mass is 32.1. The summed E-state index contributed by atoms with van der Waals surface area (Å²) in [7, 11) is 1.49. The van der Waals surface area contributed by atoms with E-state index in [1.54, 1.807) is 11.3 Å². The zero-order valence-electron chi connectivity index (χ0n) is 12.1. The van der Waals surface area contributed by atoms with Crippen molar-refractivity contribution in [1.82, 2.24) is 4.98 Å². The van der Waals surface area contributed by atoms with E-state index < -0.39 is 4.92 Å². The van der Waals surface area contributed by atoms with Crippen molar-refractivity contribution in [2.45, 2.75) is 6.61 Å². The number of hydrogen-bond donors (Lipinski definition) is 0. The first kappa shape index (κ1) is 15.4. The van der Waals surface area contributed by atoms with Crippen molar-refractivity contribution in [3.05, 3.63) is 56.2 Å².